The highest BCUT2D eigenvalue weighted by Gasteiger charge is 2.09. The van der Waals surface area contributed by atoms with Crippen LogP contribution in [0.4, 0.5) is 8.78 Å². The monoisotopic (exact) mass is 173 g/mol. The Kier molecular flexibility index (Phi) is 2.58. The Balaban J connectivity index is 3.02. The quantitative estimate of drug-likeness (QED) is 0.684. The van der Waals surface area contributed by atoms with E-state index >= 15 is 0 Å². The first-order chi connectivity index (χ1) is 5.65. The molecule has 0 fully saturated rings. The summed E-state index contributed by atoms with van der Waals surface area (Å²) >= 11 is 0. The normalized spacial score (nSPS) is 10.4. The number of alkyl halides is 2. The molecule has 0 N–H and O–H groups in total. The molecular formula is C8H9F2NO. The van der Waals surface area contributed by atoms with Crippen LogP contribution in [0.1, 0.15) is 17.7 Å². The van der Waals surface area contributed by atoms with Gasteiger partial charge in [-0.15, -0.1) is 0 Å². The van der Waals surface area contributed by atoms with E-state index in [0.29, 0.717) is 11.3 Å². The molecule has 0 bridgehead atoms. The van der Waals surface area contributed by atoms with Gasteiger partial charge >= 0.3 is 0 Å². The lowest BCUT2D eigenvalue weighted by Crippen LogP contribution is -1.94. The van der Waals surface area contributed by atoms with Crippen LogP contribution in [0.5, 0.6) is 5.75 Å². The van der Waals surface area contributed by atoms with E-state index in [1.165, 1.54) is 19.4 Å². The number of aromatic nitrogens is 1. The van der Waals surface area contributed by atoms with Crippen LogP contribution < -0.4 is 4.74 Å². The molecular weight excluding hydrogens is 164 g/mol. The molecule has 0 saturated heterocycles. The summed E-state index contributed by atoms with van der Waals surface area (Å²) in [4.78, 5) is 3.53. The zero-order valence-corrected chi connectivity index (χ0v) is 6.84. The van der Waals surface area contributed by atoms with E-state index in [4.69, 9.17) is 4.74 Å². The van der Waals surface area contributed by atoms with E-state index in [0.717, 1.165) is 0 Å². The molecule has 1 heterocycles. The first-order valence-corrected chi connectivity index (χ1v) is 3.44. The molecule has 1 aromatic heterocycles. The zero-order valence-electron chi connectivity index (χ0n) is 6.84. The summed E-state index contributed by atoms with van der Waals surface area (Å²) in [6.07, 6.45) is -1.22. The second-order valence-corrected chi connectivity index (χ2v) is 2.38. The molecule has 0 spiro atoms. The second-order valence-electron chi connectivity index (χ2n) is 2.38. The summed E-state index contributed by atoms with van der Waals surface area (Å²) in [5.74, 6) is 0.527. The summed E-state index contributed by atoms with van der Waals surface area (Å²) in [6.45, 7) is 1.70. The van der Waals surface area contributed by atoms with Gasteiger partial charge in [0.25, 0.3) is 6.43 Å². The van der Waals surface area contributed by atoms with Gasteiger partial charge in [0, 0.05) is 0 Å². The van der Waals surface area contributed by atoms with Gasteiger partial charge in [-0.3, -0.25) is 4.98 Å². The van der Waals surface area contributed by atoms with E-state index in [1.54, 1.807) is 6.92 Å². The van der Waals surface area contributed by atoms with Gasteiger partial charge in [0.1, 0.15) is 11.4 Å². The number of rotatable bonds is 2. The van der Waals surface area contributed by atoms with Crippen molar-refractivity contribution in [3.8, 4) is 5.75 Å². The average Bonchev–Trinajstić information content (AvgIpc) is 2.04. The Labute approximate surface area is 69.2 Å². The van der Waals surface area contributed by atoms with Crippen molar-refractivity contribution in [3.05, 3.63) is 23.5 Å². The Morgan fingerprint density at radius 3 is 2.58 bits per heavy atom. The highest BCUT2D eigenvalue weighted by atomic mass is 19.3. The van der Waals surface area contributed by atoms with Crippen molar-refractivity contribution in [1.29, 1.82) is 0 Å². The van der Waals surface area contributed by atoms with Gasteiger partial charge < -0.3 is 4.74 Å². The second kappa shape index (κ2) is 3.47. The highest BCUT2D eigenvalue weighted by Crippen LogP contribution is 2.22. The Morgan fingerprint density at radius 1 is 1.50 bits per heavy atom. The van der Waals surface area contributed by atoms with Crippen LogP contribution in [0.15, 0.2) is 12.3 Å². The van der Waals surface area contributed by atoms with Crippen molar-refractivity contribution in [2.24, 2.45) is 0 Å². The molecule has 0 aromatic carbocycles. The first kappa shape index (κ1) is 8.90. The fourth-order valence-corrected chi connectivity index (χ4v) is 0.898. The van der Waals surface area contributed by atoms with Gasteiger partial charge in [-0.05, 0) is 18.6 Å². The fraction of sp³-hybridized carbons (Fsp3) is 0.375. The third-order valence-electron chi connectivity index (χ3n) is 1.53. The van der Waals surface area contributed by atoms with E-state index in [-0.39, 0.29) is 5.69 Å². The third-order valence-corrected chi connectivity index (χ3v) is 1.53. The standard InChI is InChI=1S/C8H9F2NO/c1-5-3-6(8(9)10)11-4-7(5)12-2/h3-4,8H,1-2H3. The summed E-state index contributed by atoms with van der Waals surface area (Å²) in [5.41, 5.74) is 0.455. The summed E-state index contributed by atoms with van der Waals surface area (Å²) in [5, 5.41) is 0. The third kappa shape index (κ3) is 1.69. The van der Waals surface area contributed by atoms with Gasteiger partial charge in [0.15, 0.2) is 0 Å². The van der Waals surface area contributed by atoms with Crippen LogP contribution in [0.3, 0.4) is 0 Å². The maximum Gasteiger partial charge on any atom is 0.280 e. The Bertz CT molecular complexity index is 276. The molecule has 66 valence electrons. The molecule has 0 atom stereocenters. The Hall–Kier alpha value is -1.19. The summed E-state index contributed by atoms with van der Waals surface area (Å²) in [7, 11) is 1.48. The van der Waals surface area contributed by atoms with Crippen molar-refractivity contribution < 1.29 is 13.5 Å². The van der Waals surface area contributed by atoms with Crippen LogP contribution in [0, 0.1) is 6.92 Å². The van der Waals surface area contributed by atoms with Gasteiger partial charge in [-0.25, -0.2) is 8.78 Å². The van der Waals surface area contributed by atoms with Gasteiger partial charge in [0.05, 0.1) is 13.3 Å². The molecule has 4 heteroatoms. The van der Waals surface area contributed by atoms with Gasteiger partial charge in [-0.2, -0.15) is 0 Å². The number of methoxy groups -OCH3 is 1. The topological polar surface area (TPSA) is 22.1 Å². The van der Waals surface area contributed by atoms with Crippen molar-refractivity contribution in [3.63, 3.8) is 0 Å². The predicted octanol–water partition coefficient (Wildman–Crippen LogP) is 2.34. The molecule has 0 saturated carbocycles. The molecule has 0 aliphatic carbocycles. The summed E-state index contributed by atoms with van der Waals surface area (Å²) in [6, 6.07) is 1.32. The van der Waals surface area contributed by atoms with Crippen molar-refractivity contribution >= 4 is 0 Å². The molecule has 0 radical (unpaired) electrons. The molecule has 0 unspecified atom stereocenters. The van der Waals surface area contributed by atoms with E-state index < -0.39 is 6.43 Å². The molecule has 0 aliphatic heterocycles. The maximum absolute atomic E-state index is 12.1. The van der Waals surface area contributed by atoms with Gasteiger partial charge in [0.2, 0.25) is 0 Å². The molecule has 1 aromatic rings. The number of halogens is 2. The number of aryl methyl sites for hydroxylation is 1. The van der Waals surface area contributed by atoms with Crippen LogP contribution in [0.25, 0.3) is 0 Å². The summed E-state index contributed by atoms with van der Waals surface area (Å²) < 4.78 is 29.0. The number of pyridine rings is 1. The molecule has 12 heavy (non-hydrogen) atoms. The fourth-order valence-electron chi connectivity index (χ4n) is 0.898. The molecule has 1 rings (SSSR count). The van der Waals surface area contributed by atoms with E-state index in [9.17, 15) is 8.78 Å². The lowest BCUT2D eigenvalue weighted by Gasteiger charge is -2.05. The maximum atomic E-state index is 12.1. The average molecular weight is 173 g/mol. The SMILES string of the molecule is COc1cnc(C(F)F)cc1C. The van der Waals surface area contributed by atoms with Crippen molar-refractivity contribution in [2.45, 2.75) is 13.3 Å². The minimum absolute atomic E-state index is 0.215. The largest absolute Gasteiger partial charge is 0.495 e. The zero-order chi connectivity index (χ0) is 9.14. The lowest BCUT2D eigenvalue weighted by atomic mass is 10.2. The molecule has 2 nitrogen and oxygen atoms in total. The van der Waals surface area contributed by atoms with Crippen LogP contribution >= 0.6 is 0 Å². The number of ether oxygens (including phenoxy) is 1. The number of hydrogen-bond acceptors (Lipinski definition) is 2. The predicted molar refractivity (Wildman–Crippen MR) is 40.5 cm³/mol. The highest BCUT2D eigenvalue weighted by molar-refractivity contribution is 5.31. The molecule has 0 aliphatic rings. The number of nitrogens with zero attached hydrogens (tertiary/aromatic N) is 1. The minimum Gasteiger partial charge on any atom is -0.495 e. The van der Waals surface area contributed by atoms with Crippen molar-refractivity contribution in [2.75, 3.05) is 7.11 Å². The van der Waals surface area contributed by atoms with Gasteiger partial charge in [-0.1, -0.05) is 0 Å². The minimum atomic E-state index is -2.52. The number of hydrogen-bond donors (Lipinski definition) is 0. The van der Waals surface area contributed by atoms with E-state index in [2.05, 4.69) is 4.98 Å². The van der Waals surface area contributed by atoms with E-state index in [1.807, 2.05) is 0 Å². The van der Waals surface area contributed by atoms with Crippen LogP contribution in [-0.4, -0.2) is 12.1 Å². The smallest absolute Gasteiger partial charge is 0.280 e. The van der Waals surface area contributed by atoms with Crippen LogP contribution in [0.2, 0.25) is 0 Å². The first-order valence-electron chi connectivity index (χ1n) is 3.44. The van der Waals surface area contributed by atoms with Crippen molar-refractivity contribution in [1.82, 2.24) is 4.98 Å². The molecule has 0 amide bonds. The van der Waals surface area contributed by atoms with Crippen LogP contribution in [-0.2, 0) is 0 Å². The lowest BCUT2D eigenvalue weighted by molar-refractivity contribution is 0.146. The Morgan fingerprint density at radius 2 is 2.17 bits per heavy atom.